The summed E-state index contributed by atoms with van der Waals surface area (Å²) < 4.78 is 37.3. The van der Waals surface area contributed by atoms with Gasteiger partial charge in [0.05, 0.1) is 10.2 Å². The molecule has 1 rings (SSSR count). The van der Waals surface area contributed by atoms with Gasteiger partial charge in [-0.05, 0) is 35.1 Å². The van der Waals surface area contributed by atoms with Crippen LogP contribution in [0.2, 0.25) is 0 Å². The molecule has 1 heterocycles. The molecule has 0 aliphatic heterocycles. The first-order valence-corrected chi connectivity index (χ1v) is 5.52. The predicted molar refractivity (Wildman–Crippen MR) is 54.5 cm³/mol. The van der Waals surface area contributed by atoms with Crippen molar-refractivity contribution in [3.05, 3.63) is 20.8 Å². The third-order valence-electron chi connectivity index (χ3n) is 1.72. The van der Waals surface area contributed by atoms with Crippen LogP contribution in [0.1, 0.15) is 17.3 Å². The Labute approximate surface area is 92.4 Å². The first-order valence-electron chi connectivity index (χ1n) is 3.91. The molecule has 0 fully saturated rings. The highest BCUT2D eigenvalue weighted by Gasteiger charge is 2.32. The van der Waals surface area contributed by atoms with Crippen LogP contribution in [-0.2, 0) is 0 Å². The van der Waals surface area contributed by atoms with Gasteiger partial charge < -0.3 is 5.32 Å². The van der Waals surface area contributed by atoms with Gasteiger partial charge >= 0.3 is 6.18 Å². The smallest absolute Gasteiger partial charge is 0.312 e. The molecule has 0 spiro atoms. The van der Waals surface area contributed by atoms with Crippen molar-refractivity contribution in [1.29, 1.82) is 0 Å². The van der Waals surface area contributed by atoms with E-state index in [9.17, 15) is 13.2 Å². The topological polar surface area (TPSA) is 12.0 Å². The van der Waals surface area contributed by atoms with Crippen LogP contribution in [-0.4, -0.2) is 13.2 Å². The van der Waals surface area contributed by atoms with E-state index in [4.69, 9.17) is 0 Å². The standard InChI is InChI=1S/C8H9BrF3NS/c1-13-5(4-8(10,11)12)6-2-3-7(9)14-6/h2-3,5,13H,4H2,1H3. The van der Waals surface area contributed by atoms with Crippen molar-refractivity contribution in [3.8, 4) is 0 Å². The Balaban J connectivity index is 2.72. The number of hydrogen-bond acceptors (Lipinski definition) is 2. The zero-order chi connectivity index (χ0) is 10.8. The van der Waals surface area contributed by atoms with E-state index in [2.05, 4.69) is 21.2 Å². The van der Waals surface area contributed by atoms with Crippen molar-refractivity contribution in [2.75, 3.05) is 7.05 Å². The molecule has 0 aliphatic carbocycles. The van der Waals surface area contributed by atoms with Crippen LogP contribution in [0.25, 0.3) is 0 Å². The molecule has 1 nitrogen and oxygen atoms in total. The summed E-state index contributed by atoms with van der Waals surface area (Å²) in [6.07, 6.45) is -4.97. The maximum absolute atomic E-state index is 12.1. The Hall–Kier alpha value is -0.0700. The van der Waals surface area contributed by atoms with Crippen molar-refractivity contribution >= 4 is 27.3 Å². The lowest BCUT2D eigenvalue weighted by Crippen LogP contribution is -2.22. The molecule has 1 unspecified atom stereocenters. The lowest BCUT2D eigenvalue weighted by molar-refractivity contribution is -0.140. The van der Waals surface area contributed by atoms with Crippen molar-refractivity contribution in [2.24, 2.45) is 0 Å². The molecule has 1 atom stereocenters. The van der Waals surface area contributed by atoms with Gasteiger partial charge in [-0.2, -0.15) is 13.2 Å². The van der Waals surface area contributed by atoms with Crippen LogP contribution in [0, 0.1) is 0 Å². The Bertz CT molecular complexity index is 297. The maximum Gasteiger partial charge on any atom is 0.390 e. The van der Waals surface area contributed by atoms with Crippen molar-refractivity contribution in [1.82, 2.24) is 5.32 Å². The molecule has 1 aromatic heterocycles. The monoisotopic (exact) mass is 287 g/mol. The molecule has 0 amide bonds. The van der Waals surface area contributed by atoms with E-state index in [1.165, 1.54) is 18.4 Å². The number of rotatable bonds is 3. The normalized spacial score (nSPS) is 14.4. The molecule has 0 saturated carbocycles. The number of hydrogen-bond donors (Lipinski definition) is 1. The highest BCUT2D eigenvalue weighted by Crippen LogP contribution is 2.34. The molecule has 0 aromatic carbocycles. The van der Waals surface area contributed by atoms with Gasteiger partial charge in [0.15, 0.2) is 0 Å². The molecule has 14 heavy (non-hydrogen) atoms. The van der Waals surface area contributed by atoms with Crippen LogP contribution < -0.4 is 5.32 Å². The van der Waals surface area contributed by atoms with Gasteiger partial charge in [0, 0.05) is 10.9 Å². The molecule has 80 valence electrons. The largest absolute Gasteiger partial charge is 0.390 e. The van der Waals surface area contributed by atoms with Gasteiger partial charge in [0.25, 0.3) is 0 Å². The average molecular weight is 288 g/mol. The van der Waals surface area contributed by atoms with Gasteiger partial charge in [-0.25, -0.2) is 0 Å². The molecule has 0 bridgehead atoms. The first-order chi connectivity index (χ1) is 6.42. The second-order valence-corrected chi connectivity index (χ2v) is 5.30. The molecule has 0 aliphatic rings. The van der Waals surface area contributed by atoms with E-state index in [0.29, 0.717) is 4.88 Å². The molecule has 0 saturated heterocycles. The van der Waals surface area contributed by atoms with Crippen LogP contribution in [0.3, 0.4) is 0 Å². The van der Waals surface area contributed by atoms with Gasteiger partial charge in [0.1, 0.15) is 0 Å². The number of alkyl halides is 3. The van der Waals surface area contributed by atoms with Crippen LogP contribution in [0.4, 0.5) is 13.2 Å². The highest BCUT2D eigenvalue weighted by atomic mass is 79.9. The molecular formula is C8H9BrF3NS. The van der Waals surface area contributed by atoms with Crippen molar-refractivity contribution < 1.29 is 13.2 Å². The van der Waals surface area contributed by atoms with Gasteiger partial charge in [-0.3, -0.25) is 0 Å². The fourth-order valence-electron chi connectivity index (χ4n) is 1.09. The van der Waals surface area contributed by atoms with E-state index < -0.39 is 18.6 Å². The predicted octanol–water partition coefficient (Wildman–Crippen LogP) is 3.72. The van der Waals surface area contributed by atoms with Crippen LogP contribution >= 0.6 is 27.3 Å². The van der Waals surface area contributed by atoms with Crippen molar-refractivity contribution in [3.63, 3.8) is 0 Å². The number of thiophene rings is 1. The summed E-state index contributed by atoms with van der Waals surface area (Å²) >= 11 is 4.53. The zero-order valence-electron chi connectivity index (χ0n) is 7.36. The van der Waals surface area contributed by atoms with Crippen LogP contribution in [0.15, 0.2) is 15.9 Å². The fraction of sp³-hybridized carbons (Fsp3) is 0.500. The van der Waals surface area contributed by atoms with Gasteiger partial charge in [-0.15, -0.1) is 11.3 Å². The zero-order valence-corrected chi connectivity index (χ0v) is 9.76. The minimum atomic E-state index is -4.13. The van der Waals surface area contributed by atoms with E-state index >= 15 is 0 Å². The molecule has 0 radical (unpaired) electrons. The quantitative estimate of drug-likeness (QED) is 0.893. The summed E-state index contributed by atoms with van der Waals surface area (Å²) in [7, 11) is 1.53. The highest BCUT2D eigenvalue weighted by molar-refractivity contribution is 9.11. The van der Waals surface area contributed by atoms with Crippen LogP contribution in [0.5, 0.6) is 0 Å². The summed E-state index contributed by atoms with van der Waals surface area (Å²) in [5.74, 6) is 0. The van der Waals surface area contributed by atoms with E-state index in [1.54, 1.807) is 12.1 Å². The second-order valence-electron chi connectivity index (χ2n) is 2.80. The summed E-state index contributed by atoms with van der Waals surface area (Å²) in [4.78, 5) is 0.691. The average Bonchev–Trinajstić information content (AvgIpc) is 2.46. The number of halogens is 4. The van der Waals surface area contributed by atoms with E-state index in [1.807, 2.05) is 0 Å². The molecule has 1 aromatic rings. The second kappa shape index (κ2) is 4.63. The Morgan fingerprint density at radius 1 is 1.50 bits per heavy atom. The lowest BCUT2D eigenvalue weighted by atomic mass is 10.2. The van der Waals surface area contributed by atoms with Gasteiger partial charge in [-0.1, -0.05) is 0 Å². The summed E-state index contributed by atoms with van der Waals surface area (Å²) in [5.41, 5.74) is 0. The van der Waals surface area contributed by atoms with Crippen molar-refractivity contribution in [2.45, 2.75) is 18.6 Å². The maximum atomic E-state index is 12.1. The first kappa shape index (κ1) is 12.0. The van der Waals surface area contributed by atoms with Gasteiger partial charge in [0.2, 0.25) is 0 Å². The fourth-order valence-corrected chi connectivity index (χ4v) is 2.63. The SMILES string of the molecule is CNC(CC(F)(F)F)c1ccc(Br)s1. The molecule has 6 heteroatoms. The Morgan fingerprint density at radius 3 is 2.50 bits per heavy atom. The summed E-state index contributed by atoms with van der Waals surface area (Å²) in [6, 6.07) is 2.80. The molecular weight excluding hydrogens is 279 g/mol. The summed E-state index contributed by atoms with van der Waals surface area (Å²) in [6.45, 7) is 0. The Morgan fingerprint density at radius 2 is 2.14 bits per heavy atom. The Kier molecular flexibility index (Phi) is 3.97. The molecule has 1 N–H and O–H groups in total. The number of nitrogens with one attached hydrogen (secondary N) is 1. The third kappa shape index (κ3) is 3.59. The third-order valence-corrected chi connectivity index (χ3v) is 3.46. The van der Waals surface area contributed by atoms with E-state index in [-0.39, 0.29) is 0 Å². The summed E-state index contributed by atoms with van der Waals surface area (Å²) in [5, 5.41) is 2.66. The minimum Gasteiger partial charge on any atom is -0.312 e. The lowest BCUT2D eigenvalue weighted by Gasteiger charge is -2.16. The van der Waals surface area contributed by atoms with E-state index in [0.717, 1.165) is 3.79 Å². The minimum absolute atomic E-state index is 0.647.